The van der Waals surface area contributed by atoms with E-state index in [1.54, 1.807) is 0 Å². The lowest BCUT2D eigenvalue weighted by Crippen LogP contribution is -1.93. The Bertz CT molecular complexity index is 1270. The van der Waals surface area contributed by atoms with Crippen molar-refractivity contribution in [2.75, 3.05) is 0 Å². The van der Waals surface area contributed by atoms with Crippen LogP contribution < -0.4 is 0 Å². The largest absolute Gasteiger partial charge is 0.206 e. The number of hydrogen-bond donors (Lipinski definition) is 0. The fourth-order valence-electron chi connectivity index (χ4n) is 4.16. The van der Waals surface area contributed by atoms with Crippen LogP contribution in [0.2, 0.25) is 0 Å². The molecule has 0 saturated heterocycles. The molecule has 166 valence electrons. The van der Waals surface area contributed by atoms with E-state index in [-0.39, 0.29) is 5.82 Å². The van der Waals surface area contributed by atoms with Crippen molar-refractivity contribution in [1.82, 2.24) is 0 Å². The number of unbranched alkanes of at least 4 members (excludes halogenated alkanes) is 4. The first-order chi connectivity index (χ1) is 16.1. The molecule has 33 heavy (non-hydrogen) atoms. The third kappa shape index (κ3) is 5.91. The van der Waals surface area contributed by atoms with Crippen molar-refractivity contribution in [2.45, 2.75) is 52.4 Å². The molecule has 1 heteroatoms. The molecule has 0 unspecified atom stereocenters. The highest BCUT2D eigenvalue weighted by atomic mass is 19.1. The average Bonchev–Trinajstić information content (AvgIpc) is 2.85. The topological polar surface area (TPSA) is 0 Å². The van der Waals surface area contributed by atoms with Gasteiger partial charge >= 0.3 is 0 Å². The molecule has 0 aliphatic rings. The molecule has 0 saturated carbocycles. The lowest BCUT2D eigenvalue weighted by molar-refractivity contribution is 0.595. The smallest absolute Gasteiger partial charge is 0.134 e. The van der Waals surface area contributed by atoms with Gasteiger partial charge in [0.05, 0.1) is 0 Å². The van der Waals surface area contributed by atoms with E-state index in [4.69, 9.17) is 0 Å². The Labute approximate surface area is 197 Å². The van der Waals surface area contributed by atoms with Crippen molar-refractivity contribution < 1.29 is 4.39 Å². The van der Waals surface area contributed by atoms with Gasteiger partial charge in [-0.25, -0.2) is 4.39 Å². The summed E-state index contributed by atoms with van der Waals surface area (Å²) < 4.78 is 15.0. The molecule has 4 aromatic rings. The first-order valence-corrected chi connectivity index (χ1v) is 12.0. The summed E-state index contributed by atoms with van der Waals surface area (Å²) in [6, 6.07) is 26.6. The number of halogens is 1. The molecule has 0 aromatic heterocycles. The van der Waals surface area contributed by atoms with Crippen LogP contribution in [0.3, 0.4) is 0 Å². The maximum atomic E-state index is 15.0. The Balaban J connectivity index is 1.46. The summed E-state index contributed by atoms with van der Waals surface area (Å²) in [5.41, 5.74) is 6.34. The first-order valence-electron chi connectivity index (χ1n) is 12.0. The zero-order valence-electron chi connectivity index (χ0n) is 19.6. The van der Waals surface area contributed by atoms with Crippen LogP contribution in [0.25, 0.3) is 21.9 Å². The quantitative estimate of drug-likeness (QED) is 0.201. The summed E-state index contributed by atoms with van der Waals surface area (Å²) >= 11 is 0. The molecule has 4 rings (SSSR count). The second-order valence-electron chi connectivity index (χ2n) is 8.83. The fraction of sp³-hybridized carbons (Fsp3) is 0.250. The highest BCUT2D eigenvalue weighted by Gasteiger charge is 2.07. The molecule has 0 nitrogen and oxygen atoms in total. The molecule has 0 aliphatic heterocycles. The van der Waals surface area contributed by atoms with Crippen molar-refractivity contribution in [3.63, 3.8) is 0 Å². The van der Waals surface area contributed by atoms with Crippen LogP contribution >= 0.6 is 0 Å². The minimum atomic E-state index is -0.0748. The standard InChI is InChI=1S/C32H31F/c1-3-4-5-6-7-8-29-20-21-30-23-26(15-22-31(30)32(29)33)12-11-25-13-18-28(19-14-25)27-16-9-24(2)10-17-27/h9-10,13-23H,3-8H2,1-2H3. The van der Waals surface area contributed by atoms with E-state index in [1.165, 1.54) is 42.4 Å². The molecule has 0 amide bonds. The van der Waals surface area contributed by atoms with E-state index < -0.39 is 0 Å². The first kappa shape index (κ1) is 22.8. The number of hydrogen-bond acceptors (Lipinski definition) is 0. The van der Waals surface area contributed by atoms with Gasteiger partial charge in [-0.05, 0) is 66.1 Å². The zero-order chi connectivity index (χ0) is 23.0. The van der Waals surface area contributed by atoms with Crippen LogP contribution in [0.5, 0.6) is 0 Å². The van der Waals surface area contributed by atoms with Crippen molar-refractivity contribution in [3.8, 4) is 23.0 Å². The van der Waals surface area contributed by atoms with Gasteiger partial charge in [-0.15, -0.1) is 0 Å². The Kier molecular flexibility index (Phi) is 7.59. The normalized spacial score (nSPS) is 10.8. The minimum absolute atomic E-state index is 0.0748. The molecule has 0 radical (unpaired) electrons. The molecule has 0 bridgehead atoms. The molecule has 0 fully saturated rings. The Morgan fingerprint density at radius 2 is 1.30 bits per heavy atom. The van der Waals surface area contributed by atoms with E-state index in [0.29, 0.717) is 5.39 Å². The van der Waals surface area contributed by atoms with Gasteiger partial charge in [0.1, 0.15) is 5.82 Å². The summed E-state index contributed by atoms with van der Waals surface area (Å²) in [6.07, 6.45) is 6.77. The van der Waals surface area contributed by atoms with Gasteiger partial charge in [0.2, 0.25) is 0 Å². The summed E-state index contributed by atoms with van der Waals surface area (Å²) in [5, 5.41) is 1.60. The molecule has 4 aromatic carbocycles. The number of benzene rings is 4. The van der Waals surface area contributed by atoms with Gasteiger partial charge in [0.25, 0.3) is 0 Å². The van der Waals surface area contributed by atoms with Crippen LogP contribution in [-0.4, -0.2) is 0 Å². The van der Waals surface area contributed by atoms with Crippen LogP contribution in [0, 0.1) is 24.6 Å². The van der Waals surface area contributed by atoms with E-state index >= 15 is 0 Å². The van der Waals surface area contributed by atoms with E-state index in [2.05, 4.69) is 74.2 Å². The second-order valence-corrected chi connectivity index (χ2v) is 8.83. The molecular formula is C32H31F. The van der Waals surface area contributed by atoms with Crippen LogP contribution in [0.4, 0.5) is 4.39 Å². The monoisotopic (exact) mass is 434 g/mol. The summed E-state index contributed by atoms with van der Waals surface area (Å²) in [5.74, 6) is 6.40. The SMILES string of the molecule is CCCCCCCc1ccc2cc(C#Cc3ccc(-c4ccc(C)cc4)cc3)ccc2c1F. The molecular weight excluding hydrogens is 403 g/mol. The van der Waals surface area contributed by atoms with Crippen LogP contribution in [-0.2, 0) is 6.42 Å². The molecule has 0 atom stereocenters. The molecule has 0 heterocycles. The summed E-state index contributed by atoms with van der Waals surface area (Å²) in [4.78, 5) is 0. The Morgan fingerprint density at radius 1 is 0.667 bits per heavy atom. The van der Waals surface area contributed by atoms with Crippen molar-refractivity contribution in [1.29, 1.82) is 0 Å². The van der Waals surface area contributed by atoms with E-state index in [1.807, 2.05) is 30.3 Å². The van der Waals surface area contributed by atoms with Gasteiger partial charge in [0.15, 0.2) is 0 Å². The maximum absolute atomic E-state index is 15.0. The third-order valence-corrected chi connectivity index (χ3v) is 6.20. The summed E-state index contributed by atoms with van der Waals surface area (Å²) in [7, 11) is 0. The predicted octanol–water partition coefficient (Wildman–Crippen LogP) is 8.87. The molecule has 0 spiro atoms. The van der Waals surface area contributed by atoms with Crippen LogP contribution in [0.15, 0.2) is 78.9 Å². The number of aryl methyl sites for hydroxylation is 2. The maximum Gasteiger partial charge on any atom is 0.134 e. The minimum Gasteiger partial charge on any atom is -0.206 e. The van der Waals surface area contributed by atoms with Crippen LogP contribution in [0.1, 0.15) is 61.3 Å². The lowest BCUT2D eigenvalue weighted by atomic mass is 9.99. The van der Waals surface area contributed by atoms with Gasteiger partial charge in [-0.1, -0.05) is 105 Å². The molecule has 0 aliphatic carbocycles. The van der Waals surface area contributed by atoms with Gasteiger partial charge < -0.3 is 0 Å². The van der Waals surface area contributed by atoms with E-state index in [0.717, 1.165) is 34.9 Å². The van der Waals surface area contributed by atoms with Gasteiger partial charge in [-0.2, -0.15) is 0 Å². The van der Waals surface area contributed by atoms with Gasteiger partial charge in [0, 0.05) is 16.5 Å². The van der Waals surface area contributed by atoms with Crippen molar-refractivity contribution in [2.24, 2.45) is 0 Å². The second kappa shape index (κ2) is 11.0. The van der Waals surface area contributed by atoms with E-state index in [9.17, 15) is 4.39 Å². The zero-order valence-corrected chi connectivity index (χ0v) is 19.6. The highest BCUT2D eigenvalue weighted by molar-refractivity contribution is 5.85. The number of fused-ring (bicyclic) bond motifs is 1. The fourth-order valence-corrected chi connectivity index (χ4v) is 4.16. The molecule has 0 N–H and O–H groups in total. The Morgan fingerprint density at radius 3 is 2.03 bits per heavy atom. The Hall–Kier alpha value is -3.37. The predicted molar refractivity (Wildman–Crippen MR) is 139 cm³/mol. The lowest BCUT2D eigenvalue weighted by Gasteiger charge is -2.07. The highest BCUT2D eigenvalue weighted by Crippen LogP contribution is 2.24. The third-order valence-electron chi connectivity index (χ3n) is 6.20. The summed E-state index contributed by atoms with van der Waals surface area (Å²) in [6.45, 7) is 4.31. The average molecular weight is 435 g/mol. The van der Waals surface area contributed by atoms with Crippen molar-refractivity contribution >= 4 is 10.8 Å². The number of rotatable bonds is 7. The van der Waals surface area contributed by atoms with Gasteiger partial charge in [-0.3, -0.25) is 0 Å². The van der Waals surface area contributed by atoms with Crippen molar-refractivity contribution in [3.05, 3.63) is 107 Å².